The molecule has 0 bridgehead atoms. The van der Waals surface area contributed by atoms with Gasteiger partial charge in [0.15, 0.2) is 0 Å². The van der Waals surface area contributed by atoms with Gasteiger partial charge in [-0.3, -0.25) is 4.98 Å². The second-order valence-corrected chi connectivity index (χ2v) is 4.64. The zero-order valence-electron chi connectivity index (χ0n) is 9.43. The quantitative estimate of drug-likeness (QED) is 0.861. The molecule has 1 aromatic heterocycles. The maximum Gasteiger partial charge on any atom is 0.128 e. The number of nitrogens with zero attached hydrogens (tertiary/aromatic N) is 2. The number of hydrogen-bond donors (Lipinski definition) is 1. The van der Waals surface area contributed by atoms with Crippen LogP contribution in [0.2, 0.25) is 0 Å². The maximum absolute atomic E-state index is 13.6. The van der Waals surface area contributed by atoms with Gasteiger partial charge in [0.05, 0.1) is 23.5 Å². The number of aromatic nitrogens is 1. The van der Waals surface area contributed by atoms with Gasteiger partial charge in [0.2, 0.25) is 0 Å². The molecule has 3 nitrogen and oxygen atoms in total. The molecule has 0 radical (unpaired) electrons. The number of hydrogen-bond acceptors (Lipinski definition) is 4. The number of nitrogens with two attached hydrogens (primary N) is 1. The third-order valence-electron chi connectivity index (χ3n) is 2.38. The largest absolute Gasteiger partial charge is 0.397 e. The highest BCUT2D eigenvalue weighted by molar-refractivity contribution is 7.98. The molecule has 1 heterocycles. The van der Waals surface area contributed by atoms with Crippen molar-refractivity contribution in [3.05, 3.63) is 53.6 Å². The van der Waals surface area contributed by atoms with Gasteiger partial charge in [-0.15, -0.1) is 11.8 Å². The topological polar surface area (TPSA) is 62.7 Å². The minimum absolute atomic E-state index is 0.324. The van der Waals surface area contributed by atoms with Crippen LogP contribution in [0.25, 0.3) is 0 Å². The molecule has 0 aliphatic rings. The Bertz CT molecular complexity index is 607. The highest BCUT2D eigenvalue weighted by Gasteiger charge is 2.06. The Morgan fingerprint density at radius 2 is 2.22 bits per heavy atom. The Morgan fingerprint density at radius 3 is 2.89 bits per heavy atom. The first-order valence-corrected chi connectivity index (χ1v) is 6.20. The molecule has 0 saturated carbocycles. The minimum Gasteiger partial charge on any atom is -0.397 e. The van der Waals surface area contributed by atoms with Crippen LogP contribution in [0.3, 0.4) is 0 Å². The number of anilines is 1. The molecule has 0 fully saturated rings. The first-order chi connectivity index (χ1) is 8.70. The van der Waals surface area contributed by atoms with E-state index in [2.05, 4.69) is 4.98 Å². The minimum atomic E-state index is -0.367. The van der Waals surface area contributed by atoms with Gasteiger partial charge < -0.3 is 5.73 Å². The van der Waals surface area contributed by atoms with Crippen molar-refractivity contribution in [2.24, 2.45) is 0 Å². The lowest BCUT2D eigenvalue weighted by Crippen LogP contribution is -1.92. The predicted octanol–water partition coefficient (Wildman–Crippen LogP) is 2.97. The first kappa shape index (κ1) is 12.4. The van der Waals surface area contributed by atoms with Gasteiger partial charge in [0.25, 0.3) is 0 Å². The van der Waals surface area contributed by atoms with Crippen LogP contribution in [0.5, 0.6) is 0 Å². The normalized spacial score (nSPS) is 10.0. The fourth-order valence-corrected chi connectivity index (χ4v) is 2.34. The molecule has 0 spiro atoms. The van der Waals surface area contributed by atoms with Gasteiger partial charge in [0, 0.05) is 16.8 Å². The number of halogens is 1. The van der Waals surface area contributed by atoms with E-state index in [1.54, 1.807) is 30.6 Å². The lowest BCUT2D eigenvalue weighted by Gasteiger charge is -2.05. The smallest absolute Gasteiger partial charge is 0.128 e. The number of benzene rings is 1. The summed E-state index contributed by atoms with van der Waals surface area (Å²) in [6, 6.07) is 8.17. The monoisotopic (exact) mass is 259 g/mol. The number of nitrogen functional groups attached to an aromatic ring is 1. The standard InChI is InChI=1S/C13H10FN3S/c14-11-5-9(6-15)1-2-10(11)8-18-13-3-4-17-7-12(13)16/h1-5,7H,8,16H2. The van der Waals surface area contributed by atoms with E-state index in [9.17, 15) is 4.39 Å². The van der Waals surface area contributed by atoms with Crippen LogP contribution in [0.4, 0.5) is 10.1 Å². The second-order valence-electron chi connectivity index (χ2n) is 3.62. The highest BCUT2D eigenvalue weighted by Crippen LogP contribution is 2.28. The second kappa shape index (κ2) is 5.52. The van der Waals surface area contributed by atoms with Crippen LogP contribution in [0.1, 0.15) is 11.1 Å². The van der Waals surface area contributed by atoms with Crippen LogP contribution in [0, 0.1) is 17.1 Å². The van der Waals surface area contributed by atoms with Gasteiger partial charge in [-0.1, -0.05) is 6.07 Å². The molecule has 1 aromatic carbocycles. The molecular weight excluding hydrogens is 249 g/mol. The van der Waals surface area contributed by atoms with Gasteiger partial charge in [-0.25, -0.2) is 4.39 Å². The predicted molar refractivity (Wildman–Crippen MR) is 69.3 cm³/mol. The number of rotatable bonds is 3. The van der Waals surface area contributed by atoms with Crippen molar-refractivity contribution in [1.82, 2.24) is 4.98 Å². The molecule has 0 amide bonds. The molecule has 0 aliphatic heterocycles. The lowest BCUT2D eigenvalue weighted by atomic mass is 10.1. The molecule has 0 aliphatic carbocycles. The summed E-state index contributed by atoms with van der Waals surface area (Å²) in [4.78, 5) is 4.76. The summed E-state index contributed by atoms with van der Waals surface area (Å²) in [5, 5.41) is 8.65. The van der Waals surface area contributed by atoms with E-state index < -0.39 is 0 Å². The molecule has 0 saturated heterocycles. The summed E-state index contributed by atoms with van der Waals surface area (Å²) >= 11 is 1.44. The van der Waals surface area contributed by atoms with E-state index in [4.69, 9.17) is 11.0 Å². The molecule has 5 heteroatoms. The van der Waals surface area contributed by atoms with E-state index >= 15 is 0 Å². The maximum atomic E-state index is 13.6. The zero-order chi connectivity index (χ0) is 13.0. The van der Waals surface area contributed by atoms with Gasteiger partial charge >= 0.3 is 0 Å². The summed E-state index contributed by atoms with van der Waals surface area (Å²) in [7, 11) is 0. The van der Waals surface area contributed by atoms with Crippen LogP contribution in [0.15, 0.2) is 41.6 Å². The highest BCUT2D eigenvalue weighted by atomic mass is 32.2. The summed E-state index contributed by atoms with van der Waals surface area (Å²) in [6.07, 6.45) is 3.21. The third kappa shape index (κ3) is 2.79. The van der Waals surface area contributed by atoms with Crippen molar-refractivity contribution in [2.75, 3.05) is 5.73 Å². The van der Waals surface area contributed by atoms with Gasteiger partial charge in [-0.2, -0.15) is 5.26 Å². The average molecular weight is 259 g/mol. The van der Waals surface area contributed by atoms with Crippen molar-refractivity contribution in [3.63, 3.8) is 0 Å². The molecular formula is C13H10FN3S. The summed E-state index contributed by atoms with van der Waals surface area (Å²) in [6.45, 7) is 0. The van der Waals surface area contributed by atoms with Crippen molar-refractivity contribution < 1.29 is 4.39 Å². The Balaban J connectivity index is 2.12. The number of nitriles is 1. The van der Waals surface area contributed by atoms with Gasteiger partial charge in [0.1, 0.15) is 5.82 Å². The molecule has 90 valence electrons. The van der Waals surface area contributed by atoms with Crippen LogP contribution >= 0.6 is 11.8 Å². The van der Waals surface area contributed by atoms with Crippen molar-refractivity contribution in [1.29, 1.82) is 5.26 Å². The fraction of sp³-hybridized carbons (Fsp3) is 0.0769. The van der Waals surface area contributed by atoms with Crippen LogP contribution in [-0.4, -0.2) is 4.98 Å². The Labute approximate surface area is 108 Å². The summed E-state index contributed by atoms with van der Waals surface area (Å²) in [5.41, 5.74) is 7.20. The third-order valence-corrected chi connectivity index (χ3v) is 3.51. The SMILES string of the molecule is N#Cc1ccc(CSc2ccncc2N)c(F)c1. The molecule has 2 rings (SSSR count). The van der Waals surface area contributed by atoms with E-state index in [1.165, 1.54) is 17.8 Å². The zero-order valence-corrected chi connectivity index (χ0v) is 10.2. The Kier molecular flexibility index (Phi) is 3.80. The first-order valence-electron chi connectivity index (χ1n) is 5.21. The van der Waals surface area contributed by atoms with E-state index in [0.717, 1.165) is 4.90 Å². The fourth-order valence-electron chi connectivity index (χ4n) is 1.41. The van der Waals surface area contributed by atoms with Crippen molar-refractivity contribution in [2.45, 2.75) is 10.6 Å². The van der Waals surface area contributed by atoms with Gasteiger partial charge in [-0.05, 0) is 23.8 Å². The van der Waals surface area contributed by atoms with E-state index in [1.807, 2.05) is 6.07 Å². The summed E-state index contributed by atoms with van der Waals surface area (Å²) < 4.78 is 13.6. The Morgan fingerprint density at radius 1 is 1.39 bits per heavy atom. The van der Waals surface area contributed by atoms with Crippen LogP contribution in [-0.2, 0) is 5.75 Å². The molecule has 18 heavy (non-hydrogen) atoms. The molecule has 2 aromatic rings. The van der Waals surface area contributed by atoms with E-state index in [0.29, 0.717) is 22.6 Å². The average Bonchev–Trinajstić information content (AvgIpc) is 2.39. The van der Waals surface area contributed by atoms with Crippen LogP contribution < -0.4 is 5.73 Å². The molecule has 0 atom stereocenters. The Hall–Kier alpha value is -2.06. The van der Waals surface area contributed by atoms with Crippen molar-refractivity contribution in [3.8, 4) is 6.07 Å². The lowest BCUT2D eigenvalue weighted by molar-refractivity contribution is 0.617. The number of thioether (sulfide) groups is 1. The summed E-state index contributed by atoms with van der Waals surface area (Å²) in [5.74, 6) is 0.0975. The molecule has 2 N–H and O–H groups in total. The van der Waals surface area contributed by atoms with Crippen molar-refractivity contribution >= 4 is 17.4 Å². The number of pyridine rings is 1. The van der Waals surface area contributed by atoms with E-state index in [-0.39, 0.29) is 5.82 Å². The molecule has 0 unspecified atom stereocenters.